The third-order valence-electron chi connectivity index (χ3n) is 4.63. The molecule has 7 nitrogen and oxygen atoms in total. The quantitative estimate of drug-likeness (QED) is 0.769. The average molecular weight is 313 g/mol. The van der Waals surface area contributed by atoms with Gasteiger partial charge < -0.3 is 14.6 Å². The predicted molar refractivity (Wildman–Crippen MR) is 74.9 cm³/mol. The molecule has 1 aromatic heterocycles. The number of likely N-dealkylation sites (tertiary alicyclic amines) is 1. The number of aromatic nitrogens is 1. The van der Waals surface area contributed by atoms with Crippen LogP contribution in [0.5, 0.6) is 0 Å². The van der Waals surface area contributed by atoms with Crippen molar-refractivity contribution in [2.45, 2.75) is 23.8 Å². The highest BCUT2D eigenvalue weighted by Gasteiger charge is 2.43. The lowest BCUT2D eigenvalue weighted by molar-refractivity contribution is 0.0743. The van der Waals surface area contributed by atoms with Crippen LogP contribution in [0.3, 0.4) is 0 Å². The summed E-state index contributed by atoms with van der Waals surface area (Å²) in [7, 11) is -2.20. The SMILES string of the molecule is Cn1cc(S(N)(=O)=O)cc1C(=O)N1CC2CCC(O)C2C1. The molecule has 0 spiro atoms. The molecule has 2 heterocycles. The maximum absolute atomic E-state index is 12.5. The Kier molecular flexibility index (Phi) is 3.34. The number of hydrogen-bond donors (Lipinski definition) is 2. The van der Waals surface area contributed by atoms with Crippen LogP contribution >= 0.6 is 0 Å². The topological polar surface area (TPSA) is 106 Å². The summed E-state index contributed by atoms with van der Waals surface area (Å²) in [5, 5.41) is 15.0. The van der Waals surface area contributed by atoms with Gasteiger partial charge in [-0.3, -0.25) is 4.79 Å². The lowest BCUT2D eigenvalue weighted by Crippen LogP contribution is -2.32. The number of hydrogen-bond acceptors (Lipinski definition) is 4. The Morgan fingerprint density at radius 2 is 2.10 bits per heavy atom. The molecule has 1 aliphatic carbocycles. The Morgan fingerprint density at radius 1 is 1.38 bits per heavy atom. The zero-order valence-corrected chi connectivity index (χ0v) is 12.6. The molecule has 0 radical (unpaired) electrons. The fourth-order valence-electron chi connectivity index (χ4n) is 3.47. The van der Waals surface area contributed by atoms with Crippen LogP contribution in [0.1, 0.15) is 23.3 Å². The number of aryl methyl sites for hydroxylation is 1. The minimum absolute atomic E-state index is 0.0622. The van der Waals surface area contributed by atoms with Gasteiger partial charge in [-0.1, -0.05) is 0 Å². The monoisotopic (exact) mass is 313 g/mol. The largest absolute Gasteiger partial charge is 0.393 e. The molecule has 3 rings (SSSR count). The minimum Gasteiger partial charge on any atom is -0.393 e. The Balaban J connectivity index is 1.82. The van der Waals surface area contributed by atoms with E-state index < -0.39 is 10.0 Å². The number of rotatable bonds is 2. The molecule has 1 aromatic rings. The summed E-state index contributed by atoms with van der Waals surface area (Å²) in [6, 6.07) is 1.31. The van der Waals surface area contributed by atoms with Gasteiger partial charge in [-0.25, -0.2) is 13.6 Å². The maximum Gasteiger partial charge on any atom is 0.270 e. The molecule has 3 N–H and O–H groups in total. The van der Waals surface area contributed by atoms with Gasteiger partial charge in [0, 0.05) is 32.3 Å². The molecule has 3 unspecified atom stereocenters. The van der Waals surface area contributed by atoms with Crippen LogP contribution in [0.25, 0.3) is 0 Å². The Bertz CT molecular complexity index is 682. The van der Waals surface area contributed by atoms with Crippen molar-refractivity contribution in [3.8, 4) is 0 Å². The van der Waals surface area contributed by atoms with Gasteiger partial charge in [-0.2, -0.15) is 0 Å². The standard InChI is InChI=1S/C13H19N3O4S/c1-15-6-9(21(14,19)20)4-11(15)13(18)16-5-8-2-3-12(17)10(8)7-16/h4,6,8,10,12,17H,2-3,5,7H2,1H3,(H2,14,19,20). The normalized spacial score (nSPS) is 28.9. The molecule has 8 heteroatoms. The fourth-order valence-corrected chi connectivity index (χ4v) is 4.05. The van der Waals surface area contributed by atoms with Gasteiger partial charge in [0.2, 0.25) is 10.0 Å². The Labute approximate surface area is 123 Å². The molecule has 1 amide bonds. The van der Waals surface area contributed by atoms with Gasteiger partial charge in [0.1, 0.15) is 10.6 Å². The molecule has 1 saturated heterocycles. The van der Waals surface area contributed by atoms with Crippen LogP contribution in [0.4, 0.5) is 0 Å². The van der Waals surface area contributed by atoms with Gasteiger partial charge in [0.15, 0.2) is 0 Å². The van der Waals surface area contributed by atoms with Crippen molar-refractivity contribution in [3.63, 3.8) is 0 Å². The van der Waals surface area contributed by atoms with Gasteiger partial charge in [-0.15, -0.1) is 0 Å². The third-order valence-corrected chi connectivity index (χ3v) is 5.51. The van der Waals surface area contributed by atoms with E-state index in [1.165, 1.54) is 16.8 Å². The van der Waals surface area contributed by atoms with Crippen LogP contribution in [0, 0.1) is 11.8 Å². The molecule has 2 fully saturated rings. The Morgan fingerprint density at radius 3 is 2.67 bits per heavy atom. The number of sulfonamides is 1. The minimum atomic E-state index is -3.82. The molecule has 3 atom stereocenters. The van der Waals surface area contributed by atoms with Crippen molar-refractivity contribution in [3.05, 3.63) is 18.0 Å². The Hall–Kier alpha value is -1.38. The predicted octanol–water partition coefficient (Wildman–Crippen LogP) is -0.485. The summed E-state index contributed by atoms with van der Waals surface area (Å²) in [4.78, 5) is 14.2. The van der Waals surface area contributed by atoms with Crippen molar-refractivity contribution in [1.29, 1.82) is 0 Å². The van der Waals surface area contributed by atoms with Gasteiger partial charge in [0.05, 0.1) is 6.10 Å². The number of carbonyl (C=O) groups is 1. The third kappa shape index (κ3) is 2.47. The second kappa shape index (κ2) is 4.82. The lowest BCUT2D eigenvalue weighted by Gasteiger charge is -2.18. The highest BCUT2D eigenvalue weighted by Crippen LogP contribution is 2.38. The van der Waals surface area contributed by atoms with E-state index in [1.807, 2.05) is 0 Å². The second-order valence-electron chi connectivity index (χ2n) is 6.00. The summed E-state index contributed by atoms with van der Waals surface area (Å²) >= 11 is 0. The van der Waals surface area contributed by atoms with Crippen LogP contribution < -0.4 is 5.14 Å². The smallest absolute Gasteiger partial charge is 0.270 e. The molecular weight excluding hydrogens is 294 g/mol. The van der Waals surface area contributed by atoms with Crippen molar-refractivity contribution in [2.75, 3.05) is 13.1 Å². The lowest BCUT2D eigenvalue weighted by atomic mass is 10.00. The van der Waals surface area contributed by atoms with E-state index in [2.05, 4.69) is 0 Å². The number of primary sulfonamides is 1. The molecule has 116 valence electrons. The first kappa shape index (κ1) is 14.6. The number of aliphatic hydroxyl groups excluding tert-OH is 1. The van der Waals surface area contributed by atoms with Crippen LogP contribution in [0.2, 0.25) is 0 Å². The molecule has 2 aliphatic rings. The highest BCUT2D eigenvalue weighted by molar-refractivity contribution is 7.89. The van der Waals surface area contributed by atoms with Crippen molar-refractivity contribution in [1.82, 2.24) is 9.47 Å². The van der Waals surface area contributed by atoms with E-state index in [0.29, 0.717) is 24.7 Å². The first-order valence-electron chi connectivity index (χ1n) is 6.94. The fraction of sp³-hybridized carbons (Fsp3) is 0.615. The van der Waals surface area contributed by atoms with Crippen molar-refractivity contribution >= 4 is 15.9 Å². The molecule has 0 bridgehead atoms. The van der Waals surface area contributed by atoms with Crippen molar-refractivity contribution in [2.24, 2.45) is 24.0 Å². The summed E-state index contributed by atoms with van der Waals surface area (Å²) < 4.78 is 24.2. The first-order chi connectivity index (χ1) is 9.77. The summed E-state index contributed by atoms with van der Waals surface area (Å²) in [6.07, 6.45) is 2.75. The maximum atomic E-state index is 12.5. The summed E-state index contributed by atoms with van der Waals surface area (Å²) in [6.45, 7) is 1.15. The number of amides is 1. The second-order valence-corrected chi connectivity index (χ2v) is 7.56. The molecule has 21 heavy (non-hydrogen) atoms. The van der Waals surface area contributed by atoms with Crippen LogP contribution in [0.15, 0.2) is 17.2 Å². The summed E-state index contributed by atoms with van der Waals surface area (Å²) in [5.41, 5.74) is 0.300. The van der Waals surface area contributed by atoms with E-state index in [0.717, 1.165) is 12.8 Å². The van der Waals surface area contributed by atoms with E-state index in [1.54, 1.807) is 11.9 Å². The molecular formula is C13H19N3O4S. The van der Waals surface area contributed by atoms with Crippen LogP contribution in [-0.2, 0) is 17.1 Å². The zero-order chi connectivity index (χ0) is 15.4. The van der Waals surface area contributed by atoms with Crippen molar-refractivity contribution < 1.29 is 18.3 Å². The van der Waals surface area contributed by atoms with Gasteiger partial charge in [-0.05, 0) is 24.8 Å². The first-order valence-corrected chi connectivity index (χ1v) is 8.48. The number of nitrogens with two attached hydrogens (primary N) is 1. The van der Waals surface area contributed by atoms with E-state index >= 15 is 0 Å². The van der Waals surface area contributed by atoms with E-state index in [9.17, 15) is 18.3 Å². The average Bonchev–Trinajstić information content (AvgIpc) is 3.04. The highest BCUT2D eigenvalue weighted by atomic mass is 32.2. The number of nitrogens with zero attached hydrogens (tertiary/aromatic N) is 2. The number of aliphatic hydroxyl groups is 1. The molecule has 0 aromatic carbocycles. The zero-order valence-electron chi connectivity index (χ0n) is 11.8. The number of fused-ring (bicyclic) bond motifs is 1. The van der Waals surface area contributed by atoms with E-state index in [4.69, 9.17) is 5.14 Å². The number of carbonyl (C=O) groups excluding carboxylic acids is 1. The summed E-state index contributed by atoms with van der Waals surface area (Å²) in [5.74, 6) is 0.280. The van der Waals surface area contributed by atoms with E-state index in [-0.39, 0.29) is 22.8 Å². The molecule has 1 aliphatic heterocycles. The molecule has 1 saturated carbocycles. The van der Waals surface area contributed by atoms with Gasteiger partial charge in [0.25, 0.3) is 5.91 Å². The van der Waals surface area contributed by atoms with Gasteiger partial charge >= 0.3 is 0 Å². The van der Waals surface area contributed by atoms with Crippen LogP contribution in [-0.4, -0.2) is 48.1 Å².